The third kappa shape index (κ3) is 2.94. The Morgan fingerprint density at radius 3 is 2.52 bits per heavy atom. The zero-order valence-electron chi connectivity index (χ0n) is 13.3. The summed E-state index contributed by atoms with van der Waals surface area (Å²) in [4.78, 5) is 26.6. The van der Waals surface area contributed by atoms with Crippen LogP contribution in [0.1, 0.15) is 44.5 Å². The van der Waals surface area contributed by atoms with E-state index in [2.05, 4.69) is 10.4 Å². The molecule has 2 rings (SSSR count). The number of aromatic nitrogens is 2. The summed E-state index contributed by atoms with van der Waals surface area (Å²) in [6.07, 6.45) is 1.56. The minimum Gasteiger partial charge on any atom is -0.342 e. The molecule has 2 heterocycles. The molecule has 0 aliphatic carbocycles. The van der Waals surface area contributed by atoms with Gasteiger partial charge in [0.1, 0.15) is 5.54 Å². The van der Waals surface area contributed by atoms with Gasteiger partial charge in [-0.1, -0.05) is 13.8 Å². The van der Waals surface area contributed by atoms with Crippen LogP contribution >= 0.6 is 0 Å². The van der Waals surface area contributed by atoms with Crippen LogP contribution < -0.4 is 5.32 Å². The van der Waals surface area contributed by atoms with Gasteiger partial charge in [0, 0.05) is 20.0 Å². The van der Waals surface area contributed by atoms with Crippen LogP contribution in [-0.4, -0.2) is 38.6 Å². The van der Waals surface area contributed by atoms with Gasteiger partial charge >= 0.3 is 0 Å². The monoisotopic (exact) mass is 292 g/mol. The lowest BCUT2D eigenvalue weighted by molar-refractivity contribution is -0.139. The highest BCUT2D eigenvalue weighted by Crippen LogP contribution is 2.23. The van der Waals surface area contributed by atoms with E-state index in [4.69, 9.17) is 0 Å². The van der Waals surface area contributed by atoms with Crippen molar-refractivity contribution in [1.82, 2.24) is 20.0 Å². The number of aryl methyl sites for hydroxylation is 2. The van der Waals surface area contributed by atoms with E-state index in [9.17, 15) is 9.59 Å². The minimum absolute atomic E-state index is 0.0113. The predicted octanol–water partition coefficient (Wildman–Crippen LogP) is 1.14. The molecule has 1 fully saturated rings. The number of carbonyl (C=O) groups is 2. The number of hydrogen-bond donors (Lipinski definition) is 1. The van der Waals surface area contributed by atoms with Crippen molar-refractivity contribution in [3.8, 4) is 0 Å². The molecule has 0 aromatic carbocycles. The second-order valence-electron chi connectivity index (χ2n) is 5.71. The molecule has 1 aliphatic heterocycles. The Morgan fingerprint density at radius 1 is 1.33 bits per heavy atom. The summed E-state index contributed by atoms with van der Waals surface area (Å²) in [5.41, 5.74) is 1.15. The summed E-state index contributed by atoms with van der Waals surface area (Å²) in [5, 5.41) is 7.24. The highest BCUT2D eigenvalue weighted by molar-refractivity contribution is 5.93. The molecule has 6 nitrogen and oxygen atoms in total. The molecule has 0 unspecified atom stereocenters. The Labute approximate surface area is 125 Å². The lowest BCUT2D eigenvalue weighted by atomic mass is 9.91. The van der Waals surface area contributed by atoms with Crippen molar-refractivity contribution in [2.75, 3.05) is 6.54 Å². The first-order valence-corrected chi connectivity index (χ1v) is 7.51. The Morgan fingerprint density at radius 2 is 2.00 bits per heavy atom. The molecule has 6 heteroatoms. The van der Waals surface area contributed by atoms with Crippen LogP contribution in [0.25, 0.3) is 0 Å². The van der Waals surface area contributed by atoms with Crippen LogP contribution in [0.15, 0.2) is 6.07 Å². The van der Waals surface area contributed by atoms with E-state index < -0.39 is 5.54 Å². The zero-order valence-corrected chi connectivity index (χ0v) is 13.3. The lowest BCUT2D eigenvalue weighted by Crippen LogP contribution is -2.56. The van der Waals surface area contributed by atoms with E-state index >= 15 is 0 Å². The highest BCUT2D eigenvalue weighted by Gasteiger charge is 2.41. The van der Waals surface area contributed by atoms with Gasteiger partial charge in [-0.3, -0.25) is 14.3 Å². The first kappa shape index (κ1) is 15.5. The van der Waals surface area contributed by atoms with Crippen molar-refractivity contribution in [1.29, 1.82) is 0 Å². The molecule has 1 N–H and O–H groups in total. The van der Waals surface area contributed by atoms with Gasteiger partial charge in [0.15, 0.2) is 0 Å². The summed E-state index contributed by atoms with van der Waals surface area (Å²) in [5.74, 6) is -0.0343. The fraction of sp³-hybridized carbons (Fsp3) is 0.667. The van der Waals surface area contributed by atoms with E-state index in [0.717, 1.165) is 11.4 Å². The number of amides is 2. The number of rotatable bonds is 4. The quantitative estimate of drug-likeness (QED) is 0.905. The van der Waals surface area contributed by atoms with Crippen molar-refractivity contribution in [2.24, 2.45) is 7.05 Å². The van der Waals surface area contributed by atoms with Crippen LogP contribution in [0.2, 0.25) is 0 Å². The molecule has 2 amide bonds. The molecule has 1 saturated heterocycles. The minimum atomic E-state index is -0.763. The third-order valence-corrected chi connectivity index (χ3v) is 4.34. The fourth-order valence-electron chi connectivity index (χ4n) is 2.91. The molecule has 116 valence electrons. The van der Waals surface area contributed by atoms with Gasteiger partial charge in [0.05, 0.1) is 17.9 Å². The van der Waals surface area contributed by atoms with Crippen LogP contribution in [-0.2, 0) is 23.2 Å². The van der Waals surface area contributed by atoms with Crippen LogP contribution in [0.3, 0.4) is 0 Å². The average molecular weight is 292 g/mol. The van der Waals surface area contributed by atoms with Crippen LogP contribution in [0.5, 0.6) is 0 Å². The highest BCUT2D eigenvalue weighted by atomic mass is 16.2. The maximum atomic E-state index is 12.9. The normalized spacial score (nSPS) is 18.6. The Bertz CT molecular complexity index is 546. The molecule has 0 spiro atoms. The topological polar surface area (TPSA) is 67.2 Å². The Balaban J connectivity index is 2.27. The predicted molar refractivity (Wildman–Crippen MR) is 79.4 cm³/mol. The van der Waals surface area contributed by atoms with Crippen molar-refractivity contribution in [2.45, 2.75) is 52.1 Å². The molecule has 0 saturated carbocycles. The molecule has 0 radical (unpaired) electrons. The first-order valence-electron chi connectivity index (χ1n) is 7.51. The first-order chi connectivity index (χ1) is 9.91. The average Bonchev–Trinajstić information content (AvgIpc) is 2.71. The molecule has 21 heavy (non-hydrogen) atoms. The molecular formula is C15H24N4O2. The number of hydrogen-bond acceptors (Lipinski definition) is 3. The molecule has 1 aromatic rings. The van der Waals surface area contributed by atoms with Crippen molar-refractivity contribution < 1.29 is 9.59 Å². The molecule has 1 aromatic heterocycles. The third-order valence-electron chi connectivity index (χ3n) is 4.34. The molecule has 0 bridgehead atoms. The second kappa shape index (κ2) is 5.87. The summed E-state index contributed by atoms with van der Waals surface area (Å²) in [6.45, 7) is 6.77. The van der Waals surface area contributed by atoms with Gasteiger partial charge in [-0.05, 0) is 25.8 Å². The van der Waals surface area contributed by atoms with Crippen molar-refractivity contribution in [3.63, 3.8) is 0 Å². The van der Waals surface area contributed by atoms with E-state index in [1.165, 1.54) is 0 Å². The fourth-order valence-corrected chi connectivity index (χ4v) is 2.91. The Kier molecular flexibility index (Phi) is 4.34. The van der Waals surface area contributed by atoms with E-state index in [1.807, 2.05) is 33.9 Å². The van der Waals surface area contributed by atoms with Gasteiger partial charge in [-0.25, -0.2) is 0 Å². The lowest BCUT2D eigenvalue weighted by Gasteiger charge is -2.33. The Hall–Kier alpha value is -1.85. The summed E-state index contributed by atoms with van der Waals surface area (Å²) in [6, 6.07) is 1.98. The van der Waals surface area contributed by atoms with Gasteiger partial charge in [-0.15, -0.1) is 0 Å². The molecular weight excluding hydrogens is 268 g/mol. The maximum absolute atomic E-state index is 12.9. The van der Waals surface area contributed by atoms with Crippen molar-refractivity contribution >= 4 is 11.8 Å². The summed E-state index contributed by atoms with van der Waals surface area (Å²) in [7, 11) is 1.88. The van der Waals surface area contributed by atoms with Gasteiger partial charge in [0.25, 0.3) is 0 Å². The standard InChI is InChI=1S/C15H24N4O2/c1-5-15(6-2)14(21)19(8-7-13(20)16-15)10-12-9-11(3)17-18(12)4/h9H,5-8,10H2,1-4H3,(H,16,20). The van der Waals surface area contributed by atoms with Crippen molar-refractivity contribution in [3.05, 3.63) is 17.5 Å². The summed E-state index contributed by atoms with van der Waals surface area (Å²) >= 11 is 0. The van der Waals surface area contributed by atoms with E-state index in [-0.39, 0.29) is 11.8 Å². The van der Waals surface area contributed by atoms with E-state index in [0.29, 0.717) is 32.4 Å². The molecule has 0 atom stereocenters. The maximum Gasteiger partial charge on any atom is 0.248 e. The van der Waals surface area contributed by atoms with Crippen LogP contribution in [0, 0.1) is 6.92 Å². The number of nitrogens with one attached hydrogen (secondary N) is 1. The smallest absolute Gasteiger partial charge is 0.248 e. The SMILES string of the molecule is CCC1(CC)NC(=O)CCN(Cc2cc(C)nn2C)C1=O. The second-order valence-corrected chi connectivity index (χ2v) is 5.71. The largest absolute Gasteiger partial charge is 0.342 e. The summed E-state index contributed by atoms with van der Waals surface area (Å²) < 4.78 is 1.79. The zero-order chi connectivity index (χ0) is 15.6. The van der Waals surface area contributed by atoms with Gasteiger partial charge in [-0.2, -0.15) is 5.10 Å². The van der Waals surface area contributed by atoms with Gasteiger partial charge in [0.2, 0.25) is 11.8 Å². The van der Waals surface area contributed by atoms with E-state index in [1.54, 1.807) is 9.58 Å². The van der Waals surface area contributed by atoms with Gasteiger partial charge < -0.3 is 10.2 Å². The number of nitrogens with zero attached hydrogens (tertiary/aromatic N) is 3. The van der Waals surface area contributed by atoms with Crippen LogP contribution in [0.4, 0.5) is 0 Å². The molecule has 1 aliphatic rings. The number of carbonyl (C=O) groups excluding carboxylic acids is 2.